The molecule has 308 valence electrons. The molecule has 2 heterocycles. The van der Waals surface area contributed by atoms with Crippen molar-refractivity contribution in [3.8, 4) is 0 Å². The highest BCUT2D eigenvalue weighted by Crippen LogP contribution is 2.38. The molecule has 4 aliphatic carbocycles. The maximum Gasteiger partial charge on any atom is 0.155 e. The fourth-order valence-corrected chi connectivity index (χ4v) is 10.0. The van der Waals surface area contributed by atoms with E-state index in [1.54, 1.807) is 0 Å². The minimum Gasteiger partial charge on any atom is -0.375 e. The summed E-state index contributed by atoms with van der Waals surface area (Å²) in [7, 11) is 0. The summed E-state index contributed by atoms with van der Waals surface area (Å²) in [6, 6.07) is 0. The van der Waals surface area contributed by atoms with Crippen LogP contribution in [0.5, 0.6) is 0 Å². The molecule has 0 amide bonds. The van der Waals surface area contributed by atoms with E-state index in [-0.39, 0.29) is 12.6 Å². The number of hydrogen-bond donors (Lipinski definition) is 0. The Hall–Kier alpha value is -0.320. The monoisotopic (exact) mass is 749 g/mol. The number of unbranched alkanes of at least 4 members (excludes halogenated alkanes) is 6. The third kappa shape index (κ3) is 17.4. The van der Waals surface area contributed by atoms with Gasteiger partial charge in [-0.25, -0.2) is 0 Å². The summed E-state index contributed by atoms with van der Waals surface area (Å²) in [6.45, 7) is 9.25. The van der Waals surface area contributed by atoms with Crippen molar-refractivity contribution in [2.45, 2.75) is 224 Å². The zero-order valence-corrected chi connectivity index (χ0v) is 34.1. The maximum absolute atomic E-state index is 6.31. The first-order chi connectivity index (χ1) is 26.0. The molecule has 6 aliphatic rings. The van der Waals surface area contributed by atoms with Gasteiger partial charge in [-0.1, -0.05) is 32.1 Å². The van der Waals surface area contributed by atoms with Crippen LogP contribution >= 0.6 is 0 Å². The summed E-state index contributed by atoms with van der Waals surface area (Å²) < 4.78 is 47.4. The summed E-state index contributed by atoms with van der Waals surface area (Å²) in [6.07, 6.45) is 34.3. The average molecular weight is 749 g/mol. The molecular weight excluding hydrogens is 668 g/mol. The molecule has 0 bridgehead atoms. The molecule has 4 unspecified atom stereocenters. The van der Waals surface area contributed by atoms with Crippen LogP contribution in [0, 0.1) is 23.7 Å². The standard InChI is InChI=1S/C45H80O8/c1-34(52-42-22-14-38(15-23-42)28-36-10-18-40(19-11-36)48-30-44-32-50-44)46-26-8-6-4-3-5-7-9-27-47-35(2)53-43-24-16-39(17-25-43)29-37-12-20-41(21-13-37)49-31-45-33-51-45/h34-45H,3-33H2,1-2H3. The SMILES string of the molecule is CC(OCCCCCCCCCOC(C)OC1CCC(CC2CCC(OCC3CO3)CC2)CC1)OC1CCC(CC2CCC(OCC3CO3)CC2)CC1. The summed E-state index contributed by atoms with van der Waals surface area (Å²) in [5.74, 6) is 3.58. The van der Waals surface area contributed by atoms with Gasteiger partial charge in [0.05, 0.1) is 50.8 Å². The molecule has 4 atom stereocenters. The summed E-state index contributed by atoms with van der Waals surface area (Å²) in [5.41, 5.74) is 0. The van der Waals surface area contributed by atoms with Crippen molar-refractivity contribution in [2.24, 2.45) is 23.7 Å². The first-order valence-electron chi connectivity index (χ1n) is 23.0. The van der Waals surface area contributed by atoms with Crippen LogP contribution in [0.2, 0.25) is 0 Å². The molecule has 0 aromatic heterocycles. The number of hydrogen-bond acceptors (Lipinski definition) is 8. The topological polar surface area (TPSA) is 80.4 Å². The van der Waals surface area contributed by atoms with Crippen LogP contribution in [0.15, 0.2) is 0 Å². The molecule has 2 aliphatic heterocycles. The third-order valence-electron chi connectivity index (χ3n) is 13.6. The van der Waals surface area contributed by atoms with Crippen LogP contribution in [0.4, 0.5) is 0 Å². The predicted octanol–water partition coefficient (Wildman–Crippen LogP) is 10.3. The molecule has 0 spiro atoms. The van der Waals surface area contributed by atoms with E-state index in [1.165, 1.54) is 148 Å². The van der Waals surface area contributed by atoms with Gasteiger partial charge in [0.1, 0.15) is 12.2 Å². The first-order valence-corrected chi connectivity index (χ1v) is 23.0. The molecule has 8 nitrogen and oxygen atoms in total. The van der Waals surface area contributed by atoms with E-state index in [0.717, 1.165) is 76.2 Å². The zero-order valence-electron chi connectivity index (χ0n) is 34.1. The molecule has 2 saturated heterocycles. The second-order valence-electron chi connectivity index (χ2n) is 18.2. The fourth-order valence-electron chi connectivity index (χ4n) is 10.0. The third-order valence-corrected chi connectivity index (χ3v) is 13.6. The van der Waals surface area contributed by atoms with Crippen LogP contribution in [0.1, 0.15) is 174 Å². The van der Waals surface area contributed by atoms with Gasteiger partial charge in [0.2, 0.25) is 0 Å². The van der Waals surface area contributed by atoms with Crippen molar-refractivity contribution in [1.82, 2.24) is 0 Å². The Morgan fingerprint density at radius 1 is 0.415 bits per heavy atom. The number of epoxide rings is 2. The van der Waals surface area contributed by atoms with Crippen molar-refractivity contribution in [3.63, 3.8) is 0 Å². The minimum atomic E-state index is -0.0805. The molecular formula is C45H80O8. The Morgan fingerprint density at radius 3 is 1.04 bits per heavy atom. The van der Waals surface area contributed by atoms with Gasteiger partial charge in [-0.05, 0) is 166 Å². The molecule has 6 rings (SSSR count). The van der Waals surface area contributed by atoms with Crippen molar-refractivity contribution in [3.05, 3.63) is 0 Å². The first kappa shape index (κ1) is 42.3. The van der Waals surface area contributed by atoms with Crippen LogP contribution in [-0.4, -0.2) is 88.8 Å². The summed E-state index contributed by atoms with van der Waals surface area (Å²) in [4.78, 5) is 0. The second kappa shape index (κ2) is 23.8. The van der Waals surface area contributed by atoms with Gasteiger partial charge in [-0.2, -0.15) is 0 Å². The minimum absolute atomic E-state index is 0.0805. The lowest BCUT2D eigenvalue weighted by atomic mass is 9.76. The van der Waals surface area contributed by atoms with E-state index in [0.29, 0.717) is 36.6 Å². The normalized spacial score (nSPS) is 35.9. The molecule has 0 aromatic carbocycles. The Balaban J connectivity index is 0.665. The van der Waals surface area contributed by atoms with Crippen LogP contribution < -0.4 is 0 Å². The van der Waals surface area contributed by atoms with Crippen LogP contribution in [-0.2, 0) is 37.9 Å². The van der Waals surface area contributed by atoms with E-state index < -0.39 is 0 Å². The highest BCUT2D eigenvalue weighted by Gasteiger charge is 2.32. The lowest BCUT2D eigenvalue weighted by Gasteiger charge is -2.34. The lowest BCUT2D eigenvalue weighted by molar-refractivity contribution is -0.169. The van der Waals surface area contributed by atoms with E-state index in [9.17, 15) is 0 Å². The van der Waals surface area contributed by atoms with Gasteiger partial charge in [-0.3, -0.25) is 0 Å². The van der Waals surface area contributed by atoms with Gasteiger partial charge in [0.25, 0.3) is 0 Å². The summed E-state index contributed by atoms with van der Waals surface area (Å²) >= 11 is 0. The second-order valence-corrected chi connectivity index (χ2v) is 18.2. The molecule has 6 fully saturated rings. The van der Waals surface area contributed by atoms with Gasteiger partial charge in [0.15, 0.2) is 12.6 Å². The lowest BCUT2D eigenvalue weighted by Crippen LogP contribution is -2.29. The Labute approximate surface area is 324 Å². The van der Waals surface area contributed by atoms with Crippen molar-refractivity contribution < 1.29 is 37.9 Å². The van der Waals surface area contributed by atoms with Crippen molar-refractivity contribution >= 4 is 0 Å². The van der Waals surface area contributed by atoms with E-state index in [1.807, 2.05) is 0 Å². The quantitative estimate of drug-likeness (QED) is 0.0491. The molecule has 0 radical (unpaired) electrons. The molecule has 0 N–H and O–H groups in total. The van der Waals surface area contributed by atoms with Gasteiger partial charge < -0.3 is 37.9 Å². The zero-order chi connectivity index (χ0) is 36.5. The van der Waals surface area contributed by atoms with Crippen LogP contribution in [0.25, 0.3) is 0 Å². The highest BCUT2D eigenvalue weighted by atomic mass is 16.7. The Kier molecular flexibility index (Phi) is 19.0. The smallest absolute Gasteiger partial charge is 0.155 e. The van der Waals surface area contributed by atoms with Crippen molar-refractivity contribution in [1.29, 1.82) is 0 Å². The van der Waals surface area contributed by atoms with E-state index in [4.69, 9.17) is 37.9 Å². The Bertz CT molecular complexity index is 853. The molecule has 4 saturated carbocycles. The van der Waals surface area contributed by atoms with Gasteiger partial charge >= 0.3 is 0 Å². The number of rotatable bonds is 26. The maximum atomic E-state index is 6.31. The molecule has 8 heteroatoms. The average Bonchev–Trinajstić information content (AvgIpc) is 4.12. The summed E-state index contributed by atoms with van der Waals surface area (Å²) in [5, 5.41) is 0. The predicted molar refractivity (Wildman–Crippen MR) is 209 cm³/mol. The molecule has 53 heavy (non-hydrogen) atoms. The molecule has 0 aromatic rings. The van der Waals surface area contributed by atoms with Crippen molar-refractivity contribution in [2.75, 3.05) is 39.6 Å². The van der Waals surface area contributed by atoms with Gasteiger partial charge in [0, 0.05) is 13.2 Å². The van der Waals surface area contributed by atoms with Crippen LogP contribution in [0.3, 0.4) is 0 Å². The highest BCUT2D eigenvalue weighted by molar-refractivity contribution is 4.82. The van der Waals surface area contributed by atoms with E-state index >= 15 is 0 Å². The Morgan fingerprint density at radius 2 is 0.717 bits per heavy atom. The van der Waals surface area contributed by atoms with E-state index in [2.05, 4.69) is 13.8 Å². The van der Waals surface area contributed by atoms with Gasteiger partial charge in [-0.15, -0.1) is 0 Å². The number of ether oxygens (including phenoxy) is 8. The largest absolute Gasteiger partial charge is 0.375 e. The fraction of sp³-hybridized carbons (Fsp3) is 1.00.